The first kappa shape index (κ1) is 19.6. The van der Waals surface area contributed by atoms with Gasteiger partial charge in [-0.05, 0) is 43.9 Å². The number of nitrogens with one attached hydrogen (secondary N) is 2. The standard InChI is InChI=1S/C21H31FN4O/c1-4-23-20(25-18-9-12-26(13-18)19(27)15(2)3)24-14-21(10-11-21)16-5-7-17(22)8-6-16/h5-8,15,18H,4,9-14H2,1-3H3,(H2,23,24,25). The number of rotatable bonds is 6. The van der Waals surface area contributed by atoms with E-state index in [1.54, 1.807) is 0 Å². The summed E-state index contributed by atoms with van der Waals surface area (Å²) in [6.45, 7) is 8.94. The Balaban J connectivity index is 1.60. The average Bonchev–Trinajstić information content (AvgIpc) is 3.30. The number of halogens is 1. The van der Waals surface area contributed by atoms with Crippen LogP contribution in [-0.4, -0.2) is 49.0 Å². The highest BCUT2D eigenvalue weighted by Gasteiger charge is 2.44. The second-order valence-electron chi connectivity index (χ2n) is 8.05. The van der Waals surface area contributed by atoms with Crippen LogP contribution >= 0.6 is 0 Å². The molecule has 1 unspecified atom stereocenters. The van der Waals surface area contributed by atoms with Crippen molar-refractivity contribution in [3.63, 3.8) is 0 Å². The molecule has 1 amide bonds. The van der Waals surface area contributed by atoms with Crippen molar-refractivity contribution in [3.05, 3.63) is 35.6 Å². The zero-order chi connectivity index (χ0) is 19.4. The molecule has 2 aliphatic rings. The van der Waals surface area contributed by atoms with Gasteiger partial charge in [0.05, 0.1) is 6.54 Å². The molecule has 5 nitrogen and oxygen atoms in total. The zero-order valence-electron chi connectivity index (χ0n) is 16.6. The molecule has 1 aromatic rings. The fraction of sp³-hybridized carbons (Fsp3) is 0.619. The first-order valence-electron chi connectivity index (χ1n) is 10.0. The predicted octanol–water partition coefficient (Wildman–Crippen LogP) is 2.67. The summed E-state index contributed by atoms with van der Waals surface area (Å²) in [5, 5.41) is 6.80. The van der Waals surface area contributed by atoms with Gasteiger partial charge in [0, 0.05) is 37.0 Å². The smallest absolute Gasteiger partial charge is 0.225 e. The van der Waals surface area contributed by atoms with Crippen molar-refractivity contribution >= 4 is 11.9 Å². The number of aliphatic imine (C=N–C) groups is 1. The van der Waals surface area contributed by atoms with Gasteiger partial charge in [-0.3, -0.25) is 9.79 Å². The summed E-state index contributed by atoms with van der Waals surface area (Å²) < 4.78 is 13.2. The third-order valence-electron chi connectivity index (χ3n) is 5.53. The minimum Gasteiger partial charge on any atom is -0.357 e. The molecule has 1 aliphatic heterocycles. The van der Waals surface area contributed by atoms with E-state index in [-0.39, 0.29) is 29.1 Å². The molecule has 1 saturated carbocycles. The fourth-order valence-corrected chi connectivity index (χ4v) is 3.68. The topological polar surface area (TPSA) is 56.7 Å². The van der Waals surface area contributed by atoms with Gasteiger partial charge in [0.25, 0.3) is 0 Å². The van der Waals surface area contributed by atoms with Crippen molar-refractivity contribution in [2.75, 3.05) is 26.2 Å². The average molecular weight is 375 g/mol. The molecule has 0 aromatic heterocycles. The molecule has 1 aromatic carbocycles. The van der Waals surface area contributed by atoms with E-state index in [0.717, 1.165) is 50.4 Å². The van der Waals surface area contributed by atoms with Crippen LogP contribution in [0.4, 0.5) is 4.39 Å². The first-order chi connectivity index (χ1) is 12.9. The van der Waals surface area contributed by atoms with Gasteiger partial charge in [0.2, 0.25) is 5.91 Å². The summed E-state index contributed by atoms with van der Waals surface area (Å²) in [4.78, 5) is 18.9. The molecule has 3 rings (SSSR count). The van der Waals surface area contributed by atoms with Crippen LogP contribution in [0.15, 0.2) is 29.3 Å². The molecule has 1 atom stereocenters. The third kappa shape index (κ3) is 4.79. The summed E-state index contributed by atoms with van der Waals surface area (Å²) in [5.41, 5.74) is 1.21. The van der Waals surface area contributed by atoms with Crippen LogP contribution in [0.5, 0.6) is 0 Å². The van der Waals surface area contributed by atoms with Gasteiger partial charge in [-0.2, -0.15) is 0 Å². The van der Waals surface area contributed by atoms with E-state index in [1.165, 1.54) is 12.1 Å². The Morgan fingerprint density at radius 2 is 2.04 bits per heavy atom. The normalized spacial score (nSPS) is 21.4. The van der Waals surface area contributed by atoms with E-state index in [9.17, 15) is 9.18 Å². The summed E-state index contributed by atoms with van der Waals surface area (Å²) in [5.74, 6) is 0.857. The molecule has 27 heavy (non-hydrogen) atoms. The number of hydrogen-bond donors (Lipinski definition) is 2. The van der Waals surface area contributed by atoms with Crippen molar-refractivity contribution in [2.24, 2.45) is 10.9 Å². The van der Waals surface area contributed by atoms with Crippen molar-refractivity contribution in [1.82, 2.24) is 15.5 Å². The largest absolute Gasteiger partial charge is 0.357 e. The Morgan fingerprint density at radius 3 is 2.63 bits per heavy atom. The van der Waals surface area contributed by atoms with Gasteiger partial charge in [0.1, 0.15) is 5.82 Å². The van der Waals surface area contributed by atoms with E-state index in [1.807, 2.05) is 37.8 Å². The van der Waals surface area contributed by atoms with Crippen LogP contribution in [0, 0.1) is 11.7 Å². The van der Waals surface area contributed by atoms with Gasteiger partial charge < -0.3 is 15.5 Å². The van der Waals surface area contributed by atoms with Gasteiger partial charge in [0.15, 0.2) is 5.96 Å². The second kappa shape index (κ2) is 8.28. The van der Waals surface area contributed by atoms with Gasteiger partial charge >= 0.3 is 0 Å². The summed E-state index contributed by atoms with van der Waals surface area (Å²) in [7, 11) is 0. The van der Waals surface area contributed by atoms with E-state index < -0.39 is 0 Å². The highest BCUT2D eigenvalue weighted by Crippen LogP contribution is 2.48. The van der Waals surface area contributed by atoms with Crippen LogP contribution in [0.2, 0.25) is 0 Å². The Kier molecular flexibility index (Phi) is 6.02. The molecule has 0 radical (unpaired) electrons. The van der Waals surface area contributed by atoms with E-state index in [4.69, 9.17) is 4.99 Å². The second-order valence-corrected chi connectivity index (χ2v) is 8.05. The first-order valence-corrected chi connectivity index (χ1v) is 10.0. The van der Waals surface area contributed by atoms with Crippen LogP contribution in [0.25, 0.3) is 0 Å². The lowest BCUT2D eigenvalue weighted by molar-refractivity contribution is -0.133. The van der Waals surface area contributed by atoms with Crippen LogP contribution in [0.3, 0.4) is 0 Å². The molecule has 0 bridgehead atoms. The minimum absolute atomic E-state index is 0.0380. The number of hydrogen-bond acceptors (Lipinski definition) is 2. The number of amides is 1. The molecule has 0 spiro atoms. The number of nitrogens with zero attached hydrogens (tertiary/aromatic N) is 2. The van der Waals surface area contributed by atoms with Crippen LogP contribution in [-0.2, 0) is 10.2 Å². The molecule has 1 heterocycles. The van der Waals surface area contributed by atoms with Crippen molar-refractivity contribution in [3.8, 4) is 0 Å². The highest BCUT2D eigenvalue weighted by molar-refractivity contribution is 5.81. The highest BCUT2D eigenvalue weighted by atomic mass is 19.1. The SMILES string of the molecule is CCNC(=NCC1(c2ccc(F)cc2)CC1)NC1CCN(C(=O)C(C)C)C1. The lowest BCUT2D eigenvalue weighted by Gasteiger charge is -2.21. The van der Waals surface area contributed by atoms with Crippen LogP contribution < -0.4 is 10.6 Å². The molecule has 148 valence electrons. The van der Waals surface area contributed by atoms with E-state index >= 15 is 0 Å². The van der Waals surface area contributed by atoms with E-state index in [2.05, 4.69) is 10.6 Å². The van der Waals surface area contributed by atoms with Crippen molar-refractivity contribution in [1.29, 1.82) is 0 Å². The maximum atomic E-state index is 13.2. The van der Waals surface area contributed by atoms with Gasteiger partial charge in [-0.1, -0.05) is 26.0 Å². The van der Waals surface area contributed by atoms with Gasteiger partial charge in [-0.25, -0.2) is 4.39 Å². The Hall–Kier alpha value is -2.11. The van der Waals surface area contributed by atoms with E-state index in [0.29, 0.717) is 6.54 Å². The predicted molar refractivity (Wildman–Crippen MR) is 106 cm³/mol. The summed E-state index contributed by atoms with van der Waals surface area (Å²) >= 11 is 0. The quantitative estimate of drug-likeness (QED) is 0.595. The molecule has 6 heteroatoms. The van der Waals surface area contributed by atoms with Crippen molar-refractivity contribution < 1.29 is 9.18 Å². The Bertz CT molecular complexity index is 682. The van der Waals surface area contributed by atoms with Gasteiger partial charge in [-0.15, -0.1) is 0 Å². The maximum Gasteiger partial charge on any atom is 0.225 e. The maximum absolute atomic E-state index is 13.2. The zero-order valence-corrected chi connectivity index (χ0v) is 16.6. The minimum atomic E-state index is -0.199. The molecular weight excluding hydrogens is 343 g/mol. The number of benzene rings is 1. The monoisotopic (exact) mass is 374 g/mol. The molecular formula is C21H31FN4O. The molecule has 1 saturated heterocycles. The fourth-order valence-electron chi connectivity index (χ4n) is 3.68. The number of likely N-dealkylation sites (tertiary alicyclic amines) is 1. The number of carbonyl (C=O) groups is 1. The molecule has 2 N–H and O–H groups in total. The number of guanidine groups is 1. The molecule has 1 aliphatic carbocycles. The third-order valence-corrected chi connectivity index (χ3v) is 5.53. The molecule has 2 fully saturated rings. The summed E-state index contributed by atoms with van der Waals surface area (Å²) in [6, 6.07) is 7.05. The Labute approximate surface area is 161 Å². The van der Waals surface area contributed by atoms with Crippen molar-refractivity contribution in [2.45, 2.75) is 51.5 Å². The summed E-state index contributed by atoms with van der Waals surface area (Å²) in [6.07, 6.45) is 3.11. The lowest BCUT2D eigenvalue weighted by atomic mass is 9.96. The van der Waals surface area contributed by atoms with Crippen LogP contribution in [0.1, 0.15) is 45.6 Å². The Morgan fingerprint density at radius 1 is 1.33 bits per heavy atom. The lowest BCUT2D eigenvalue weighted by Crippen LogP contribution is -2.45. The number of carbonyl (C=O) groups excluding carboxylic acids is 1.